The topological polar surface area (TPSA) is 86.2 Å². The van der Waals surface area contributed by atoms with E-state index in [9.17, 15) is 9.59 Å². The van der Waals surface area contributed by atoms with Gasteiger partial charge in [-0.15, -0.1) is 22.7 Å². The predicted octanol–water partition coefficient (Wildman–Crippen LogP) is 5.90. The second kappa shape index (κ2) is 7.71. The third-order valence-electron chi connectivity index (χ3n) is 6.86. The zero-order valence-electron chi connectivity index (χ0n) is 18.3. The fourth-order valence-corrected chi connectivity index (χ4v) is 7.71. The van der Waals surface area contributed by atoms with E-state index in [1.54, 1.807) is 22.7 Å². The van der Waals surface area contributed by atoms with Crippen LogP contribution in [0.4, 0.5) is 0 Å². The maximum atomic E-state index is 12.9. The zero-order chi connectivity index (χ0) is 22.8. The molecule has 2 aliphatic carbocycles. The highest BCUT2D eigenvalue weighted by Crippen LogP contribution is 2.36. The van der Waals surface area contributed by atoms with Gasteiger partial charge in [0, 0.05) is 20.9 Å². The van der Waals surface area contributed by atoms with Gasteiger partial charge in [-0.25, -0.2) is 19.6 Å². The Labute approximate surface area is 201 Å². The molecule has 0 fully saturated rings. The van der Waals surface area contributed by atoms with E-state index in [0.29, 0.717) is 21.9 Å². The maximum absolute atomic E-state index is 12.9. The first-order valence-electron chi connectivity index (χ1n) is 11.7. The molecule has 170 valence electrons. The van der Waals surface area contributed by atoms with Gasteiger partial charge in [-0.1, -0.05) is 6.07 Å². The molecular formula is C26H20N2O4S2. The standard InChI is InChI=1S/C26H20N2O4S2/c29-25-19-15-8-1-3-10-17(15)33-23(19)27-21(31-25)13-6-5-7-14(12-13)22-28-24-20(26(30)32-22)16-9-2-4-11-18(16)34-24/h5-7,12H,1-4,8-11H2. The minimum absolute atomic E-state index is 0.271. The van der Waals surface area contributed by atoms with Crippen LogP contribution in [0, 0.1) is 0 Å². The Kier molecular flexibility index (Phi) is 4.60. The number of rotatable bonds is 2. The van der Waals surface area contributed by atoms with Crippen molar-refractivity contribution in [2.75, 3.05) is 0 Å². The smallest absolute Gasteiger partial charge is 0.348 e. The number of fused-ring (bicyclic) bond motifs is 6. The van der Waals surface area contributed by atoms with Crippen LogP contribution in [-0.2, 0) is 25.7 Å². The molecule has 0 saturated heterocycles. The molecule has 0 radical (unpaired) electrons. The van der Waals surface area contributed by atoms with Crippen LogP contribution < -0.4 is 11.3 Å². The Bertz CT molecular complexity index is 1600. The summed E-state index contributed by atoms with van der Waals surface area (Å²) in [5.74, 6) is 0.543. The average Bonchev–Trinajstić information content (AvgIpc) is 3.42. The van der Waals surface area contributed by atoms with Crippen LogP contribution >= 0.6 is 22.7 Å². The normalized spacial score (nSPS) is 15.5. The molecule has 0 spiro atoms. The van der Waals surface area contributed by atoms with E-state index in [2.05, 4.69) is 0 Å². The van der Waals surface area contributed by atoms with E-state index in [0.717, 1.165) is 72.2 Å². The summed E-state index contributed by atoms with van der Waals surface area (Å²) in [6, 6.07) is 7.33. The molecule has 6 nitrogen and oxygen atoms in total. The number of hydrogen-bond acceptors (Lipinski definition) is 8. The molecule has 2 aliphatic rings. The minimum atomic E-state index is -0.333. The lowest BCUT2D eigenvalue weighted by atomic mass is 9.97. The zero-order valence-corrected chi connectivity index (χ0v) is 19.9. The van der Waals surface area contributed by atoms with Crippen LogP contribution in [0.15, 0.2) is 42.7 Å². The van der Waals surface area contributed by atoms with Crippen LogP contribution in [-0.4, -0.2) is 9.97 Å². The average molecular weight is 489 g/mol. The van der Waals surface area contributed by atoms with E-state index in [4.69, 9.17) is 18.8 Å². The number of aryl methyl sites for hydroxylation is 4. The third-order valence-corrected chi connectivity index (χ3v) is 9.23. The van der Waals surface area contributed by atoms with Crippen molar-refractivity contribution >= 4 is 43.1 Å². The Balaban J connectivity index is 1.34. The summed E-state index contributed by atoms with van der Waals surface area (Å²) in [6.07, 6.45) is 8.31. The summed E-state index contributed by atoms with van der Waals surface area (Å²) in [7, 11) is 0. The largest absolute Gasteiger partial charge is 0.403 e. The second-order valence-corrected chi connectivity index (χ2v) is 11.1. The molecule has 1 aromatic carbocycles. The number of hydrogen-bond donors (Lipinski definition) is 0. The van der Waals surface area contributed by atoms with Crippen LogP contribution in [0.2, 0.25) is 0 Å². The quantitative estimate of drug-likeness (QED) is 0.307. The molecule has 8 heteroatoms. The van der Waals surface area contributed by atoms with Crippen molar-refractivity contribution in [3.8, 4) is 22.9 Å². The van der Waals surface area contributed by atoms with Gasteiger partial charge < -0.3 is 8.83 Å². The van der Waals surface area contributed by atoms with Gasteiger partial charge in [-0.2, -0.15) is 0 Å². The lowest BCUT2D eigenvalue weighted by Gasteiger charge is -2.09. The fraction of sp³-hybridized carbons (Fsp3) is 0.308. The lowest BCUT2D eigenvalue weighted by Crippen LogP contribution is -2.06. The highest BCUT2D eigenvalue weighted by molar-refractivity contribution is 7.19. The van der Waals surface area contributed by atoms with Gasteiger partial charge in [-0.3, -0.25) is 0 Å². The van der Waals surface area contributed by atoms with Crippen molar-refractivity contribution < 1.29 is 8.83 Å². The Hall–Kier alpha value is -3.10. The summed E-state index contributed by atoms with van der Waals surface area (Å²) < 4.78 is 11.3. The Morgan fingerprint density at radius 2 is 1.15 bits per heavy atom. The summed E-state index contributed by atoms with van der Waals surface area (Å²) in [4.78, 5) is 39.1. The van der Waals surface area contributed by atoms with Crippen molar-refractivity contribution in [1.29, 1.82) is 0 Å². The van der Waals surface area contributed by atoms with E-state index in [1.807, 2.05) is 24.3 Å². The first-order valence-corrected chi connectivity index (χ1v) is 13.3. The first-order chi connectivity index (χ1) is 16.7. The highest BCUT2D eigenvalue weighted by Gasteiger charge is 2.23. The Morgan fingerprint density at radius 3 is 1.65 bits per heavy atom. The molecule has 0 atom stereocenters. The molecule has 0 amide bonds. The van der Waals surface area contributed by atoms with Crippen LogP contribution in [0.3, 0.4) is 0 Å². The van der Waals surface area contributed by atoms with Crippen molar-refractivity contribution in [1.82, 2.24) is 9.97 Å². The maximum Gasteiger partial charge on any atom is 0.348 e. The molecule has 0 saturated carbocycles. The molecule has 0 aliphatic heterocycles. The van der Waals surface area contributed by atoms with Crippen molar-refractivity contribution in [2.24, 2.45) is 0 Å². The van der Waals surface area contributed by atoms with E-state index in [1.165, 1.54) is 9.75 Å². The van der Waals surface area contributed by atoms with Gasteiger partial charge in [-0.05, 0) is 80.7 Å². The van der Waals surface area contributed by atoms with Gasteiger partial charge in [0.1, 0.15) is 20.4 Å². The van der Waals surface area contributed by atoms with Crippen molar-refractivity contribution in [3.63, 3.8) is 0 Å². The number of nitrogens with zero attached hydrogens (tertiary/aromatic N) is 2. The van der Waals surface area contributed by atoms with E-state index in [-0.39, 0.29) is 23.0 Å². The first kappa shape index (κ1) is 20.3. The lowest BCUT2D eigenvalue weighted by molar-refractivity contribution is 0.516. The van der Waals surface area contributed by atoms with Gasteiger partial charge in [0.05, 0.1) is 0 Å². The molecule has 34 heavy (non-hydrogen) atoms. The molecule has 0 unspecified atom stereocenters. The molecule has 5 aromatic rings. The summed E-state index contributed by atoms with van der Waals surface area (Å²) >= 11 is 3.20. The number of aromatic nitrogens is 2. The van der Waals surface area contributed by atoms with Gasteiger partial charge in [0.2, 0.25) is 11.8 Å². The van der Waals surface area contributed by atoms with Crippen LogP contribution in [0.25, 0.3) is 43.3 Å². The van der Waals surface area contributed by atoms with Gasteiger partial charge >= 0.3 is 11.3 Å². The fourth-order valence-electron chi connectivity index (χ4n) is 5.22. The van der Waals surface area contributed by atoms with Gasteiger partial charge in [0.25, 0.3) is 0 Å². The van der Waals surface area contributed by atoms with Crippen LogP contribution in [0.1, 0.15) is 46.6 Å². The predicted molar refractivity (Wildman–Crippen MR) is 134 cm³/mol. The van der Waals surface area contributed by atoms with Crippen LogP contribution in [0.5, 0.6) is 0 Å². The molecule has 4 heterocycles. The van der Waals surface area contributed by atoms with Crippen molar-refractivity contribution in [3.05, 3.63) is 66.0 Å². The number of thiophene rings is 2. The molecule has 4 aromatic heterocycles. The molecule has 7 rings (SSSR count). The Morgan fingerprint density at radius 1 is 0.676 bits per heavy atom. The highest BCUT2D eigenvalue weighted by atomic mass is 32.1. The number of benzene rings is 1. The second-order valence-electron chi connectivity index (χ2n) is 8.98. The van der Waals surface area contributed by atoms with Gasteiger partial charge in [0.15, 0.2) is 0 Å². The third kappa shape index (κ3) is 3.12. The summed E-state index contributed by atoms with van der Waals surface area (Å²) in [6.45, 7) is 0. The van der Waals surface area contributed by atoms with Crippen molar-refractivity contribution in [2.45, 2.75) is 51.4 Å². The molecule has 0 N–H and O–H groups in total. The summed E-state index contributed by atoms with van der Waals surface area (Å²) in [5, 5.41) is 1.28. The molecular weight excluding hydrogens is 468 g/mol. The minimum Gasteiger partial charge on any atom is -0.403 e. The van der Waals surface area contributed by atoms with E-state index < -0.39 is 0 Å². The summed E-state index contributed by atoms with van der Waals surface area (Å²) in [5.41, 5.74) is 2.87. The SMILES string of the molecule is O=c1oc(-c2cccc(-c3nc4sc5c(c4c(=O)o3)CCCC5)c2)nc2sc3c(c12)CCCC3. The van der Waals surface area contributed by atoms with E-state index >= 15 is 0 Å². The monoisotopic (exact) mass is 488 g/mol. The molecule has 0 bridgehead atoms.